The SMILES string of the molecule is COC(=O)C1CCN(S(=O)(=O)c2ccn[nH]2)CC1. The molecule has 1 N–H and O–H groups in total. The summed E-state index contributed by atoms with van der Waals surface area (Å²) in [6.07, 6.45) is 2.37. The fourth-order valence-electron chi connectivity index (χ4n) is 2.02. The van der Waals surface area contributed by atoms with Crippen LogP contribution in [0, 0.1) is 5.92 Å². The third-order valence-corrected chi connectivity index (χ3v) is 4.91. The van der Waals surface area contributed by atoms with Crippen LogP contribution < -0.4 is 0 Å². The van der Waals surface area contributed by atoms with Crippen molar-refractivity contribution in [3.05, 3.63) is 12.3 Å². The Morgan fingerprint density at radius 2 is 2.17 bits per heavy atom. The van der Waals surface area contributed by atoms with E-state index in [1.165, 1.54) is 23.7 Å². The summed E-state index contributed by atoms with van der Waals surface area (Å²) in [4.78, 5) is 11.3. The molecule has 0 spiro atoms. The van der Waals surface area contributed by atoms with E-state index in [0.29, 0.717) is 25.9 Å². The van der Waals surface area contributed by atoms with Gasteiger partial charge in [0.25, 0.3) is 10.0 Å². The minimum Gasteiger partial charge on any atom is -0.469 e. The van der Waals surface area contributed by atoms with Gasteiger partial charge in [-0.25, -0.2) is 8.42 Å². The second-order valence-corrected chi connectivity index (χ2v) is 6.03. The number of hydrogen-bond donors (Lipinski definition) is 1. The highest BCUT2D eigenvalue weighted by atomic mass is 32.2. The number of piperidine rings is 1. The largest absolute Gasteiger partial charge is 0.469 e. The third-order valence-electron chi connectivity index (χ3n) is 3.08. The third kappa shape index (κ3) is 2.39. The number of H-pyrrole nitrogens is 1. The van der Waals surface area contributed by atoms with Gasteiger partial charge >= 0.3 is 5.97 Å². The maximum Gasteiger partial charge on any atom is 0.308 e. The molecule has 1 aromatic rings. The normalized spacial score (nSPS) is 18.7. The van der Waals surface area contributed by atoms with E-state index in [-0.39, 0.29) is 16.9 Å². The zero-order chi connectivity index (χ0) is 13.2. The molecule has 1 saturated heterocycles. The summed E-state index contributed by atoms with van der Waals surface area (Å²) >= 11 is 0. The Labute approximate surface area is 105 Å². The van der Waals surface area contributed by atoms with Gasteiger partial charge in [-0.1, -0.05) is 0 Å². The smallest absolute Gasteiger partial charge is 0.308 e. The van der Waals surface area contributed by atoms with E-state index in [2.05, 4.69) is 14.9 Å². The molecule has 2 rings (SSSR count). The number of aromatic amines is 1. The summed E-state index contributed by atoms with van der Waals surface area (Å²) in [5, 5.41) is 6.17. The van der Waals surface area contributed by atoms with Crippen LogP contribution in [0.5, 0.6) is 0 Å². The summed E-state index contributed by atoms with van der Waals surface area (Å²) in [5.74, 6) is -0.475. The molecule has 18 heavy (non-hydrogen) atoms. The second-order valence-electron chi connectivity index (χ2n) is 4.12. The van der Waals surface area contributed by atoms with Crippen LogP contribution in [0.25, 0.3) is 0 Å². The van der Waals surface area contributed by atoms with Gasteiger partial charge in [0, 0.05) is 13.1 Å². The Morgan fingerprint density at radius 3 is 2.67 bits per heavy atom. The number of sulfonamides is 1. The maximum atomic E-state index is 12.1. The van der Waals surface area contributed by atoms with Gasteiger partial charge in [0.2, 0.25) is 0 Å². The number of hydrogen-bond acceptors (Lipinski definition) is 5. The molecule has 100 valence electrons. The van der Waals surface area contributed by atoms with E-state index >= 15 is 0 Å². The van der Waals surface area contributed by atoms with Crippen LogP contribution in [-0.4, -0.2) is 49.1 Å². The standard InChI is InChI=1S/C10H15N3O4S/c1-17-10(14)8-3-6-13(7-4-8)18(15,16)9-2-5-11-12-9/h2,5,8H,3-4,6-7H2,1H3,(H,11,12). The first kappa shape index (κ1) is 13.0. The molecule has 1 aromatic heterocycles. The highest BCUT2D eigenvalue weighted by Crippen LogP contribution is 2.23. The van der Waals surface area contributed by atoms with E-state index in [9.17, 15) is 13.2 Å². The number of aromatic nitrogens is 2. The van der Waals surface area contributed by atoms with Crippen LogP contribution in [0.15, 0.2) is 17.3 Å². The molecule has 1 fully saturated rings. The quantitative estimate of drug-likeness (QED) is 0.781. The molecule has 0 saturated carbocycles. The molecule has 7 nitrogen and oxygen atoms in total. The van der Waals surface area contributed by atoms with Crippen molar-refractivity contribution in [1.29, 1.82) is 0 Å². The molecule has 0 radical (unpaired) electrons. The van der Waals surface area contributed by atoms with Gasteiger partial charge < -0.3 is 4.74 Å². The van der Waals surface area contributed by atoms with Crippen molar-refractivity contribution in [2.75, 3.05) is 20.2 Å². The number of ether oxygens (including phenoxy) is 1. The minimum absolute atomic E-state index is 0.0824. The van der Waals surface area contributed by atoms with E-state index in [1.54, 1.807) is 0 Å². The Bertz CT molecular complexity index is 503. The minimum atomic E-state index is -3.51. The van der Waals surface area contributed by atoms with Crippen LogP contribution in [-0.2, 0) is 19.6 Å². The predicted octanol–water partition coefficient (Wildman–Crippen LogP) is -0.0166. The van der Waals surface area contributed by atoms with Crippen LogP contribution in [0.3, 0.4) is 0 Å². The molecule has 0 amide bonds. The molecular weight excluding hydrogens is 258 g/mol. The van der Waals surface area contributed by atoms with Gasteiger partial charge in [0.05, 0.1) is 19.2 Å². The number of esters is 1. The Balaban J connectivity index is 2.04. The molecule has 0 atom stereocenters. The van der Waals surface area contributed by atoms with Crippen molar-refractivity contribution in [1.82, 2.24) is 14.5 Å². The summed E-state index contributed by atoms with van der Waals surface area (Å²) in [6, 6.07) is 1.42. The van der Waals surface area contributed by atoms with E-state index in [4.69, 9.17) is 0 Å². The van der Waals surface area contributed by atoms with Gasteiger partial charge in [-0.15, -0.1) is 0 Å². The number of rotatable bonds is 3. The Kier molecular flexibility index (Phi) is 3.67. The number of nitrogens with one attached hydrogen (secondary N) is 1. The first-order valence-electron chi connectivity index (χ1n) is 5.63. The average Bonchev–Trinajstić information content (AvgIpc) is 2.92. The molecule has 0 unspecified atom stereocenters. The van der Waals surface area contributed by atoms with E-state index < -0.39 is 10.0 Å². The summed E-state index contributed by atoms with van der Waals surface area (Å²) in [5.41, 5.74) is 0. The van der Waals surface area contributed by atoms with E-state index in [1.807, 2.05) is 0 Å². The lowest BCUT2D eigenvalue weighted by molar-refractivity contribution is -0.146. The molecule has 0 aliphatic carbocycles. The molecule has 0 bridgehead atoms. The molecule has 8 heteroatoms. The summed E-state index contributed by atoms with van der Waals surface area (Å²) in [6.45, 7) is 0.641. The number of carbonyl (C=O) groups is 1. The molecular formula is C10H15N3O4S. The van der Waals surface area contributed by atoms with Crippen molar-refractivity contribution < 1.29 is 17.9 Å². The lowest BCUT2D eigenvalue weighted by Gasteiger charge is -2.29. The van der Waals surface area contributed by atoms with Crippen molar-refractivity contribution in [2.45, 2.75) is 17.9 Å². The predicted molar refractivity (Wildman–Crippen MR) is 62.1 cm³/mol. The lowest BCUT2D eigenvalue weighted by Crippen LogP contribution is -2.40. The zero-order valence-electron chi connectivity index (χ0n) is 10.00. The van der Waals surface area contributed by atoms with Crippen molar-refractivity contribution in [3.63, 3.8) is 0 Å². The van der Waals surface area contributed by atoms with Crippen molar-refractivity contribution in [3.8, 4) is 0 Å². The van der Waals surface area contributed by atoms with Gasteiger partial charge in [0.15, 0.2) is 5.03 Å². The van der Waals surface area contributed by atoms with Crippen LogP contribution in [0.1, 0.15) is 12.8 Å². The van der Waals surface area contributed by atoms with Crippen molar-refractivity contribution >= 4 is 16.0 Å². The molecule has 0 aromatic carbocycles. The highest BCUT2D eigenvalue weighted by molar-refractivity contribution is 7.89. The molecule has 1 aliphatic heterocycles. The van der Waals surface area contributed by atoms with Gasteiger partial charge in [-0.2, -0.15) is 9.40 Å². The number of methoxy groups -OCH3 is 1. The summed E-state index contributed by atoms with van der Waals surface area (Å²) in [7, 11) is -2.17. The fraction of sp³-hybridized carbons (Fsp3) is 0.600. The zero-order valence-corrected chi connectivity index (χ0v) is 10.8. The Morgan fingerprint density at radius 1 is 1.50 bits per heavy atom. The van der Waals surface area contributed by atoms with Crippen LogP contribution in [0.4, 0.5) is 0 Å². The maximum absolute atomic E-state index is 12.1. The second kappa shape index (κ2) is 5.07. The van der Waals surface area contributed by atoms with Crippen LogP contribution >= 0.6 is 0 Å². The fourth-order valence-corrected chi connectivity index (χ4v) is 3.39. The van der Waals surface area contributed by atoms with Crippen molar-refractivity contribution in [2.24, 2.45) is 5.92 Å². The summed E-state index contributed by atoms with van der Waals surface area (Å²) < 4.78 is 30.3. The first-order valence-corrected chi connectivity index (χ1v) is 7.07. The number of nitrogens with zero attached hydrogens (tertiary/aromatic N) is 2. The Hall–Kier alpha value is -1.41. The van der Waals surface area contributed by atoms with Crippen LogP contribution in [0.2, 0.25) is 0 Å². The monoisotopic (exact) mass is 273 g/mol. The average molecular weight is 273 g/mol. The topological polar surface area (TPSA) is 92.4 Å². The van der Waals surface area contributed by atoms with E-state index in [0.717, 1.165) is 0 Å². The van der Waals surface area contributed by atoms with Gasteiger partial charge in [-0.05, 0) is 18.9 Å². The first-order chi connectivity index (χ1) is 8.55. The highest BCUT2D eigenvalue weighted by Gasteiger charge is 2.32. The van der Waals surface area contributed by atoms with Gasteiger partial charge in [-0.3, -0.25) is 9.89 Å². The molecule has 2 heterocycles. The lowest BCUT2D eigenvalue weighted by atomic mass is 9.99. The van der Waals surface area contributed by atoms with Gasteiger partial charge in [0.1, 0.15) is 0 Å². The number of carbonyl (C=O) groups excluding carboxylic acids is 1. The molecule has 1 aliphatic rings.